The molecule has 1 atom stereocenters. The average molecular weight is 243 g/mol. The molecule has 1 amide bonds. The summed E-state index contributed by atoms with van der Waals surface area (Å²) in [6.45, 7) is 1.82. The van der Waals surface area contributed by atoms with Gasteiger partial charge in [0, 0.05) is 26.2 Å². The van der Waals surface area contributed by atoms with Crippen LogP contribution in [0.25, 0.3) is 0 Å². The van der Waals surface area contributed by atoms with Gasteiger partial charge in [-0.2, -0.15) is 0 Å². The van der Waals surface area contributed by atoms with Crippen molar-refractivity contribution in [2.45, 2.75) is 57.5 Å². The Morgan fingerprint density at radius 2 is 2.18 bits per heavy atom. The van der Waals surface area contributed by atoms with E-state index < -0.39 is 0 Å². The molecule has 0 aromatic rings. The summed E-state index contributed by atoms with van der Waals surface area (Å²) in [6.07, 6.45) is 7.96. The topological polar surface area (TPSA) is 58.6 Å². The maximum absolute atomic E-state index is 11.5. The third kappa shape index (κ3) is 7.34. The third-order valence-electron chi connectivity index (χ3n) is 3.12. The highest BCUT2D eigenvalue weighted by atomic mass is 16.5. The van der Waals surface area contributed by atoms with Crippen molar-refractivity contribution >= 4 is 5.91 Å². The van der Waals surface area contributed by atoms with Crippen LogP contribution in [0.2, 0.25) is 0 Å². The third-order valence-corrected chi connectivity index (χ3v) is 3.12. The maximum atomic E-state index is 11.5. The van der Waals surface area contributed by atoms with Crippen LogP contribution in [0.1, 0.15) is 51.4 Å². The van der Waals surface area contributed by atoms with Crippen LogP contribution in [-0.2, 0) is 9.53 Å². The number of carbonyl (C=O) groups excluding carboxylic acids is 1. The van der Waals surface area contributed by atoms with Crippen LogP contribution in [0, 0.1) is 0 Å². The number of aliphatic hydroxyl groups is 1. The summed E-state index contributed by atoms with van der Waals surface area (Å²) in [5.74, 6) is 0.128. The number of hydrogen-bond donors (Lipinski definition) is 2. The van der Waals surface area contributed by atoms with Gasteiger partial charge in [0.25, 0.3) is 0 Å². The molecule has 0 radical (unpaired) electrons. The second kappa shape index (κ2) is 9.42. The quantitative estimate of drug-likeness (QED) is 0.637. The van der Waals surface area contributed by atoms with E-state index >= 15 is 0 Å². The van der Waals surface area contributed by atoms with Crippen molar-refractivity contribution in [1.29, 1.82) is 0 Å². The first kappa shape index (κ1) is 14.5. The van der Waals surface area contributed by atoms with Crippen LogP contribution in [0.3, 0.4) is 0 Å². The molecule has 4 nitrogen and oxygen atoms in total. The summed E-state index contributed by atoms with van der Waals surface area (Å²) in [6, 6.07) is 0. The van der Waals surface area contributed by atoms with E-state index in [0.717, 1.165) is 51.7 Å². The Kier molecular flexibility index (Phi) is 8.01. The first-order chi connectivity index (χ1) is 8.33. The van der Waals surface area contributed by atoms with Gasteiger partial charge in [0.1, 0.15) is 0 Å². The van der Waals surface area contributed by atoms with E-state index in [9.17, 15) is 4.79 Å². The highest BCUT2D eigenvalue weighted by Gasteiger charge is 2.14. The zero-order valence-electron chi connectivity index (χ0n) is 10.6. The molecule has 0 spiro atoms. The van der Waals surface area contributed by atoms with E-state index in [-0.39, 0.29) is 12.5 Å². The molecule has 0 aromatic heterocycles. The zero-order chi connectivity index (χ0) is 12.3. The van der Waals surface area contributed by atoms with Gasteiger partial charge in [-0.3, -0.25) is 4.79 Å². The van der Waals surface area contributed by atoms with Crippen LogP contribution >= 0.6 is 0 Å². The Bertz CT molecular complexity index is 203. The molecule has 1 rings (SSSR count). The van der Waals surface area contributed by atoms with E-state index in [1.165, 1.54) is 6.42 Å². The number of ether oxygens (including phenoxy) is 1. The fourth-order valence-electron chi connectivity index (χ4n) is 2.06. The molecule has 100 valence electrons. The van der Waals surface area contributed by atoms with Crippen LogP contribution in [0.15, 0.2) is 0 Å². The number of nitrogens with one attached hydrogen (secondary N) is 1. The number of rotatable bonds is 8. The van der Waals surface area contributed by atoms with E-state index in [1.807, 2.05) is 0 Å². The van der Waals surface area contributed by atoms with E-state index in [1.54, 1.807) is 0 Å². The van der Waals surface area contributed by atoms with Crippen LogP contribution in [0.4, 0.5) is 0 Å². The fraction of sp³-hybridized carbons (Fsp3) is 0.923. The number of aliphatic hydroxyl groups excluding tert-OH is 1. The Morgan fingerprint density at radius 1 is 1.29 bits per heavy atom. The van der Waals surface area contributed by atoms with Crippen molar-refractivity contribution < 1.29 is 14.6 Å². The molecule has 1 saturated heterocycles. The monoisotopic (exact) mass is 243 g/mol. The SMILES string of the molecule is O=C(CCC1CCCCO1)NCCCCCO. The van der Waals surface area contributed by atoms with Gasteiger partial charge in [0.15, 0.2) is 0 Å². The summed E-state index contributed by atoms with van der Waals surface area (Å²) in [4.78, 5) is 11.5. The minimum Gasteiger partial charge on any atom is -0.396 e. The van der Waals surface area contributed by atoms with Gasteiger partial charge < -0.3 is 15.2 Å². The van der Waals surface area contributed by atoms with Gasteiger partial charge in [0.2, 0.25) is 5.91 Å². The first-order valence-electron chi connectivity index (χ1n) is 6.82. The molecule has 17 heavy (non-hydrogen) atoms. The van der Waals surface area contributed by atoms with Crippen molar-refractivity contribution in [3.05, 3.63) is 0 Å². The standard InChI is InChI=1S/C13H25NO3/c15-10-4-1-3-9-14-13(16)8-7-12-6-2-5-11-17-12/h12,15H,1-11H2,(H,14,16). The molecule has 0 aromatic carbocycles. The van der Waals surface area contributed by atoms with Gasteiger partial charge in [-0.15, -0.1) is 0 Å². The second-order valence-corrected chi connectivity index (χ2v) is 4.66. The van der Waals surface area contributed by atoms with Crippen LogP contribution < -0.4 is 5.32 Å². The van der Waals surface area contributed by atoms with Gasteiger partial charge in [-0.1, -0.05) is 0 Å². The summed E-state index contributed by atoms with van der Waals surface area (Å²) >= 11 is 0. The largest absolute Gasteiger partial charge is 0.396 e. The van der Waals surface area contributed by atoms with Gasteiger partial charge in [0.05, 0.1) is 6.10 Å². The highest BCUT2D eigenvalue weighted by Crippen LogP contribution is 2.16. The number of unbranched alkanes of at least 4 members (excludes halogenated alkanes) is 2. The predicted octanol–water partition coefficient (Wildman–Crippen LogP) is 1.61. The van der Waals surface area contributed by atoms with Gasteiger partial charge >= 0.3 is 0 Å². The van der Waals surface area contributed by atoms with Crippen LogP contribution in [-0.4, -0.2) is 36.9 Å². The second-order valence-electron chi connectivity index (χ2n) is 4.66. The molecule has 0 bridgehead atoms. The molecular formula is C13H25NO3. The smallest absolute Gasteiger partial charge is 0.220 e. The summed E-state index contributed by atoms with van der Waals surface area (Å²) < 4.78 is 5.58. The van der Waals surface area contributed by atoms with E-state index in [2.05, 4.69) is 5.32 Å². The predicted molar refractivity (Wildman–Crippen MR) is 66.8 cm³/mol. The minimum atomic E-state index is 0.128. The Hall–Kier alpha value is -0.610. The molecule has 1 fully saturated rings. The molecule has 0 saturated carbocycles. The van der Waals surface area contributed by atoms with E-state index in [0.29, 0.717) is 12.5 Å². The molecule has 1 unspecified atom stereocenters. The molecular weight excluding hydrogens is 218 g/mol. The maximum Gasteiger partial charge on any atom is 0.220 e. The molecule has 2 N–H and O–H groups in total. The van der Waals surface area contributed by atoms with Gasteiger partial charge in [-0.05, 0) is 44.9 Å². The lowest BCUT2D eigenvalue weighted by Crippen LogP contribution is -2.27. The summed E-state index contributed by atoms with van der Waals surface area (Å²) in [5.41, 5.74) is 0. The zero-order valence-corrected chi connectivity index (χ0v) is 10.6. The minimum absolute atomic E-state index is 0.128. The van der Waals surface area contributed by atoms with Gasteiger partial charge in [-0.25, -0.2) is 0 Å². The molecule has 4 heteroatoms. The van der Waals surface area contributed by atoms with Crippen molar-refractivity contribution in [3.8, 4) is 0 Å². The van der Waals surface area contributed by atoms with Crippen molar-refractivity contribution in [1.82, 2.24) is 5.32 Å². The van der Waals surface area contributed by atoms with Crippen LogP contribution in [0.5, 0.6) is 0 Å². The fourth-order valence-corrected chi connectivity index (χ4v) is 2.06. The number of hydrogen-bond acceptors (Lipinski definition) is 3. The highest BCUT2D eigenvalue weighted by molar-refractivity contribution is 5.75. The molecule has 1 aliphatic heterocycles. The lowest BCUT2D eigenvalue weighted by molar-refractivity contribution is -0.122. The Morgan fingerprint density at radius 3 is 2.88 bits per heavy atom. The molecule has 0 aliphatic carbocycles. The number of amides is 1. The Balaban J connectivity index is 1.93. The lowest BCUT2D eigenvalue weighted by atomic mass is 10.0. The summed E-state index contributed by atoms with van der Waals surface area (Å²) in [7, 11) is 0. The average Bonchev–Trinajstić information content (AvgIpc) is 2.37. The van der Waals surface area contributed by atoms with Crippen molar-refractivity contribution in [2.24, 2.45) is 0 Å². The van der Waals surface area contributed by atoms with E-state index in [4.69, 9.17) is 9.84 Å². The first-order valence-corrected chi connectivity index (χ1v) is 6.82. The summed E-state index contributed by atoms with van der Waals surface area (Å²) in [5, 5.41) is 11.5. The lowest BCUT2D eigenvalue weighted by Gasteiger charge is -2.22. The number of carbonyl (C=O) groups is 1. The molecule has 1 aliphatic rings. The van der Waals surface area contributed by atoms with Crippen molar-refractivity contribution in [2.75, 3.05) is 19.8 Å². The molecule has 1 heterocycles. The Labute approximate surface area is 104 Å². The normalized spacial score (nSPS) is 20.2. The van der Waals surface area contributed by atoms with Crippen molar-refractivity contribution in [3.63, 3.8) is 0 Å².